The van der Waals surface area contributed by atoms with Gasteiger partial charge in [0.2, 0.25) is 5.01 Å². The number of carbonyl (C=O) groups is 2. The van der Waals surface area contributed by atoms with Crippen molar-refractivity contribution in [3.8, 4) is 10.4 Å². The van der Waals surface area contributed by atoms with Crippen molar-refractivity contribution in [3.05, 3.63) is 28.5 Å². The summed E-state index contributed by atoms with van der Waals surface area (Å²) in [5.74, 6) is -3.04. The number of aromatic carboxylic acids is 1. The Bertz CT molecular complexity index is 1100. The van der Waals surface area contributed by atoms with E-state index in [0.717, 1.165) is 25.1 Å². The van der Waals surface area contributed by atoms with Gasteiger partial charge in [-0.25, -0.2) is 23.5 Å². The van der Waals surface area contributed by atoms with E-state index >= 15 is 0 Å². The van der Waals surface area contributed by atoms with Crippen LogP contribution in [-0.2, 0) is 0 Å². The van der Waals surface area contributed by atoms with E-state index in [1.165, 1.54) is 4.90 Å². The molecule has 0 bridgehead atoms. The number of hydrogen-bond donors (Lipinski definition) is 2. The molecule has 1 saturated carbocycles. The number of carboxylic acid groups (broad SMARTS) is 1. The zero-order chi connectivity index (χ0) is 24.8. The molecule has 1 amide bonds. The van der Waals surface area contributed by atoms with Crippen LogP contribution in [0.2, 0.25) is 0 Å². The highest BCUT2D eigenvalue weighted by molar-refractivity contribution is 7.17. The van der Waals surface area contributed by atoms with Gasteiger partial charge in [0, 0.05) is 29.9 Å². The molecule has 1 saturated heterocycles. The molecular formula is C21H21F5N4O3S. The van der Waals surface area contributed by atoms with Gasteiger partial charge >= 0.3 is 12.1 Å². The van der Waals surface area contributed by atoms with Crippen LogP contribution in [0.1, 0.15) is 64.9 Å². The van der Waals surface area contributed by atoms with Gasteiger partial charge in [0.1, 0.15) is 17.6 Å². The Kier molecular flexibility index (Phi) is 6.49. The maximum atomic E-state index is 14.0. The number of rotatable bonds is 7. The first kappa shape index (κ1) is 24.3. The van der Waals surface area contributed by atoms with Crippen LogP contribution >= 0.6 is 11.3 Å². The van der Waals surface area contributed by atoms with Gasteiger partial charge in [0.05, 0.1) is 4.88 Å². The van der Waals surface area contributed by atoms with Crippen LogP contribution in [0.5, 0.6) is 0 Å². The second-order valence-corrected chi connectivity index (χ2v) is 9.45. The van der Waals surface area contributed by atoms with Crippen LogP contribution in [0.3, 0.4) is 0 Å². The summed E-state index contributed by atoms with van der Waals surface area (Å²) in [5.41, 5.74) is -1.19. The molecule has 1 unspecified atom stereocenters. The van der Waals surface area contributed by atoms with E-state index in [1.807, 2.05) is 6.92 Å². The molecule has 2 atom stereocenters. The Hall–Kier alpha value is -2.83. The van der Waals surface area contributed by atoms with Gasteiger partial charge < -0.3 is 15.3 Å². The molecule has 184 valence electrons. The predicted octanol–water partition coefficient (Wildman–Crippen LogP) is 5.22. The highest BCUT2D eigenvalue weighted by atomic mass is 32.1. The highest BCUT2D eigenvalue weighted by Gasteiger charge is 2.49. The lowest BCUT2D eigenvalue weighted by Gasteiger charge is -2.23. The van der Waals surface area contributed by atoms with Gasteiger partial charge in [-0.3, -0.25) is 4.79 Å². The molecule has 1 aliphatic carbocycles. The largest absolute Gasteiger partial charge is 0.476 e. The van der Waals surface area contributed by atoms with E-state index in [4.69, 9.17) is 0 Å². The molecule has 2 N–H and O–H groups in total. The first-order chi connectivity index (χ1) is 16.0. The summed E-state index contributed by atoms with van der Waals surface area (Å²) in [4.78, 5) is 33.8. The zero-order valence-electron chi connectivity index (χ0n) is 17.9. The number of likely N-dealkylation sites (tertiary alicyclic amines) is 1. The third-order valence-electron chi connectivity index (χ3n) is 5.99. The van der Waals surface area contributed by atoms with Crippen molar-refractivity contribution in [2.45, 2.75) is 57.3 Å². The summed E-state index contributed by atoms with van der Waals surface area (Å²) in [5, 5.41) is 11.1. The SMILES string of the molecule is C[C@H]1CCCN1C(=O)c1nc(C(=O)O)sc1-c1cnc(NC(C2CC2)C(F)(F)F)cc1C(F)F. The summed E-state index contributed by atoms with van der Waals surface area (Å²) in [6.45, 7) is 2.24. The molecule has 34 heavy (non-hydrogen) atoms. The first-order valence-electron chi connectivity index (χ1n) is 10.6. The van der Waals surface area contributed by atoms with Gasteiger partial charge in [-0.2, -0.15) is 13.2 Å². The molecule has 0 radical (unpaired) electrons. The topological polar surface area (TPSA) is 95.4 Å². The standard InChI is InChI=1S/C21H21F5N4O3S/c1-9-3-2-6-30(9)19(31)14-15(34-18(29-14)20(32)33)12-8-27-13(7-11(12)17(22)23)28-16(10-4-5-10)21(24,25)26/h7-10,16-17H,2-6H2,1H3,(H,27,28)(H,32,33)/t9-,16?/m0/s1. The second kappa shape index (κ2) is 9.08. The lowest BCUT2D eigenvalue weighted by Crippen LogP contribution is -2.38. The molecule has 2 aromatic heterocycles. The van der Waals surface area contributed by atoms with Crippen LogP contribution in [-0.4, -0.2) is 56.7 Å². The fourth-order valence-corrected chi connectivity index (χ4v) is 5.01. The van der Waals surface area contributed by atoms with E-state index in [1.54, 1.807) is 0 Å². The maximum Gasteiger partial charge on any atom is 0.408 e. The molecular weight excluding hydrogens is 483 g/mol. The fraction of sp³-hybridized carbons (Fsp3) is 0.524. The number of hydrogen-bond acceptors (Lipinski definition) is 6. The number of carboxylic acids is 1. The lowest BCUT2D eigenvalue weighted by atomic mass is 10.1. The van der Waals surface area contributed by atoms with E-state index in [0.29, 0.717) is 30.7 Å². The number of aromatic nitrogens is 2. The molecule has 13 heteroatoms. The van der Waals surface area contributed by atoms with Gasteiger partial charge in [-0.1, -0.05) is 0 Å². The van der Waals surface area contributed by atoms with E-state index in [2.05, 4.69) is 15.3 Å². The van der Waals surface area contributed by atoms with E-state index < -0.39 is 47.0 Å². The number of anilines is 1. The molecule has 2 aliphatic rings. The normalized spacial score (nSPS) is 19.5. The van der Waals surface area contributed by atoms with Crippen LogP contribution < -0.4 is 5.32 Å². The Morgan fingerprint density at radius 2 is 1.97 bits per heavy atom. The van der Waals surface area contributed by atoms with Crippen LogP contribution in [0.25, 0.3) is 10.4 Å². The van der Waals surface area contributed by atoms with E-state index in [-0.39, 0.29) is 28.0 Å². The minimum atomic E-state index is -4.58. The third kappa shape index (κ3) is 4.84. The van der Waals surface area contributed by atoms with Crippen molar-refractivity contribution in [1.82, 2.24) is 14.9 Å². The van der Waals surface area contributed by atoms with Crippen LogP contribution in [0.4, 0.5) is 27.8 Å². The third-order valence-corrected chi connectivity index (χ3v) is 7.07. The number of halogens is 5. The summed E-state index contributed by atoms with van der Waals surface area (Å²) in [6, 6.07) is -1.22. The molecule has 1 aliphatic heterocycles. The fourth-order valence-electron chi connectivity index (χ4n) is 4.09. The Labute approximate surface area is 195 Å². The number of nitrogens with one attached hydrogen (secondary N) is 1. The zero-order valence-corrected chi connectivity index (χ0v) is 18.7. The number of carbonyl (C=O) groups excluding carboxylic acids is 1. The van der Waals surface area contributed by atoms with Gasteiger partial charge in [-0.15, -0.1) is 11.3 Å². The molecule has 0 spiro atoms. The van der Waals surface area contributed by atoms with Crippen LogP contribution in [0, 0.1) is 5.92 Å². The maximum absolute atomic E-state index is 14.0. The molecule has 3 heterocycles. The summed E-state index contributed by atoms with van der Waals surface area (Å²) in [6.07, 6.45) is -4.54. The van der Waals surface area contributed by atoms with E-state index in [9.17, 15) is 36.6 Å². The monoisotopic (exact) mass is 504 g/mol. The Morgan fingerprint density at radius 1 is 1.26 bits per heavy atom. The molecule has 7 nitrogen and oxygen atoms in total. The number of alkyl halides is 5. The highest BCUT2D eigenvalue weighted by Crippen LogP contribution is 2.43. The average molecular weight is 504 g/mol. The number of nitrogens with zero attached hydrogens (tertiary/aromatic N) is 3. The predicted molar refractivity (Wildman–Crippen MR) is 113 cm³/mol. The Balaban J connectivity index is 1.75. The summed E-state index contributed by atoms with van der Waals surface area (Å²) >= 11 is 0.548. The van der Waals surface area contributed by atoms with Crippen molar-refractivity contribution in [2.75, 3.05) is 11.9 Å². The lowest BCUT2D eigenvalue weighted by molar-refractivity contribution is -0.146. The van der Waals surface area contributed by atoms with Crippen molar-refractivity contribution in [1.29, 1.82) is 0 Å². The summed E-state index contributed by atoms with van der Waals surface area (Å²) in [7, 11) is 0. The number of thiazole rings is 1. The quantitative estimate of drug-likeness (QED) is 0.502. The Morgan fingerprint density at radius 3 is 2.50 bits per heavy atom. The van der Waals surface area contributed by atoms with Crippen molar-refractivity contribution in [2.24, 2.45) is 5.92 Å². The minimum Gasteiger partial charge on any atom is -0.476 e. The smallest absolute Gasteiger partial charge is 0.408 e. The number of pyridine rings is 1. The van der Waals surface area contributed by atoms with Crippen molar-refractivity contribution >= 4 is 29.0 Å². The summed E-state index contributed by atoms with van der Waals surface area (Å²) < 4.78 is 68.1. The average Bonchev–Trinajstić information content (AvgIpc) is 3.33. The first-order valence-corrected chi connectivity index (χ1v) is 11.5. The second-order valence-electron chi connectivity index (χ2n) is 8.45. The van der Waals surface area contributed by atoms with Gasteiger partial charge in [-0.05, 0) is 44.6 Å². The molecule has 0 aromatic carbocycles. The minimum absolute atomic E-state index is 0.106. The molecule has 4 rings (SSSR count). The number of amides is 1. The van der Waals surface area contributed by atoms with Crippen LogP contribution in [0.15, 0.2) is 12.3 Å². The van der Waals surface area contributed by atoms with Crippen molar-refractivity contribution in [3.63, 3.8) is 0 Å². The molecule has 2 aromatic rings. The van der Waals surface area contributed by atoms with Crippen molar-refractivity contribution < 1.29 is 36.6 Å². The van der Waals surface area contributed by atoms with Gasteiger partial charge in [0.15, 0.2) is 0 Å². The van der Waals surface area contributed by atoms with Gasteiger partial charge in [0.25, 0.3) is 12.3 Å². The molecule has 2 fully saturated rings.